The zero-order valence-electron chi connectivity index (χ0n) is 23.3. The molecule has 0 radical (unpaired) electrons. The zero-order valence-corrected chi connectivity index (χ0v) is 23.3. The Kier molecular flexibility index (Phi) is 10.0. The molecule has 1 aromatic rings. The molecule has 228 valence electrons. The Labute approximate surface area is 241 Å². The van der Waals surface area contributed by atoms with Gasteiger partial charge in [0.15, 0.2) is 0 Å². The van der Waals surface area contributed by atoms with E-state index in [1.165, 1.54) is 0 Å². The summed E-state index contributed by atoms with van der Waals surface area (Å²) in [6.07, 6.45) is 1.31. The first kappa shape index (κ1) is 30.8. The Hall–Kier alpha value is -4.17. The number of carboxylic acid groups (broad SMARTS) is 3. The Morgan fingerprint density at radius 2 is 0.690 bits per heavy atom. The summed E-state index contributed by atoms with van der Waals surface area (Å²) in [6, 6.07) is 0. The Balaban J connectivity index is 1.49. The quantitative estimate of drug-likeness (QED) is 0.286. The van der Waals surface area contributed by atoms with Gasteiger partial charge in [0, 0.05) is 57.0 Å². The number of rotatable bonds is 12. The third kappa shape index (κ3) is 7.97. The van der Waals surface area contributed by atoms with Crippen molar-refractivity contribution >= 4 is 53.1 Å². The SMILES string of the molecule is O=C(O)CC(=O)C1CCN(c2nc(N3CCC(C(=O)CC(=O)O)CC3)nc(N3CCC(C(=O)CC(=O)O)CC3)n2)CC1. The lowest BCUT2D eigenvalue weighted by molar-refractivity contribution is -0.143. The normalized spacial score (nSPS) is 19.0. The van der Waals surface area contributed by atoms with Gasteiger partial charge in [-0.1, -0.05) is 0 Å². The molecule has 0 bridgehead atoms. The predicted molar refractivity (Wildman–Crippen MR) is 146 cm³/mol. The van der Waals surface area contributed by atoms with E-state index in [0.717, 1.165) is 0 Å². The highest BCUT2D eigenvalue weighted by atomic mass is 16.4. The van der Waals surface area contributed by atoms with Gasteiger partial charge in [-0.2, -0.15) is 15.0 Å². The van der Waals surface area contributed by atoms with Gasteiger partial charge in [-0.3, -0.25) is 28.8 Å². The van der Waals surface area contributed by atoms with Gasteiger partial charge in [-0.15, -0.1) is 0 Å². The van der Waals surface area contributed by atoms with Crippen LogP contribution in [0.5, 0.6) is 0 Å². The second-order valence-electron chi connectivity index (χ2n) is 11.1. The number of anilines is 3. The molecule has 0 spiro atoms. The highest BCUT2D eigenvalue weighted by Gasteiger charge is 2.32. The molecule has 3 fully saturated rings. The fraction of sp³-hybridized carbons (Fsp3) is 0.667. The van der Waals surface area contributed by atoms with Crippen LogP contribution in [0.15, 0.2) is 0 Å². The standard InChI is InChI=1S/C27H36N6O9/c34-19(13-22(37)38)16-1-7-31(8-2-16)25-28-26(32-9-3-17(4-10-32)20(35)14-23(39)40)30-27(29-25)33-11-5-18(6-12-33)21(36)15-24(41)42/h16-18H,1-15H2,(H,37,38)(H,39,40)(H,41,42). The smallest absolute Gasteiger partial charge is 0.310 e. The minimum absolute atomic E-state index is 0.292. The fourth-order valence-electron chi connectivity index (χ4n) is 5.85. The first-order chi connectivity index (χ1) is 20.0. The van der Waals surface area contributed by atoms with Crippen molar-refractivity contribution < 1.29 is 44.1 Å². The summed E-state index contributed by atoms with van der Waals surface area (Å²) < 4.78 is 0. The molecule has 0 amide bonds. The molecular formula is C27H36N6O9. The van der Waals surface area contributed by atoms with E-state index in [1.54, 1.807) is 0 Å². The molecule has 3 aliphatic rings. The van der Waals surface area contributed by atoms with Crippen molar-refractivity contribution in [1.82, 2.24) is 15.0 Å². The van der Waals surface area contributed by atoms with Gasteiger partial charge in [0.25, 0.3) is 0 Å². The number of nitrogens with zero attached hydrogens (tertiary/aromatic N) is 6. The number of hydrogen-bond donors (Lipinski definition) is 3. The second kappa shape index (κ2) is 13.7. The molecule has 1 aromatic heterocycles. The van der Waals surface area contributed by atoms with E-state index < -0.39 is 37.2 Å². The summed E-state index contributed by atoms with van der Waals surface area (Å²) >= 11 is 0. The molecule has 3 saturated heterocycles. The van der Waals surface area contributed by atoms with E-state index in [9.17, 15) is 28.8 Å². The predicted octanol–water partition coefficient (Wildman–Crippen LogP) is 0.652. The summed E-state index contributed by atoms with van der Waals surface area (Å²) in [5, 5.41) is 26.9. The van der Waals surface area contributed by atoms with Crippen LogP contribution < -0.4 is 14.7 Å². The average molecular weight is 589 g/mol. The number of hydrogen-bond acceptors (Lipinski definition) is 12. The minimum Gasteiger partial charge on any atom is -0.481 e. The molecule has 0 saturated carbocycles. The third-order valence-electron chi connectivity index (χ3n) is 8.28. The van der Waals surface area contributed by atoms with E-state index in [-0.39, 0.29) is 35.1 Å². The number of carboxylic acids is 3. The summed E-state index contributed by atoms with van der Waals surface area (Å²) in [7, 11) is 0. The van der Waals surface area contributed by atoms with Crippen LogP contribution in [0.1, 0.15) is 57.8 Å². The first-order valence-corrected chi connectivity index (χ1v) is 14.2. The largest absolute Gasteiger partial charge is 0.481 e. The van der Waals surface area contributed by atoms with Crippen molar-refractivity contribution in [3.05, 3.63) is 0 Å². The highest BCUT2D eigenvalue weighted by molar-refractivity contribution is 5.97. The van der Waals surface area contributed by atoms with E-state index in [0.29, 0.717) is 95.6 Å². The second-order valence-corrected chi connectivity index (χ2v) is 11.1. The summed E-state index contributed by atoms with van der Waals surface area (Å²) in [4.78, 5) is 89.7. The summed E-state index contributed by atoms with van der Waals surface area (Å²) in [5.41, 5.74) is 0. The molecule has 3 N–H and O–H groups in total. The van der Waals surface area contributed by atoms with Crippen LogP contribution in [0.25, 0.3) is 0 Å². The van der Waals surface area contributed by atoms with Crippen molar-refractivity contribution in [2.24, 2.45) is 17.8 Å². The first-order valence-electron chi connectivity index (χ1n) is 14.2. The zero-order chi connectivity index (χ0) is 30.4. The van der Waals surface area contributed by atoms with Gasteiger partial charge in [-0.05, 0) is 38.5 Å². The molecule has 0 atom stereocenters. The van der Waals surface area contributed by atoms with Crippen LogP contribution in [0.3, 0.4) is 0 Å². The van der Waals surface area contributed by atoms with Gasteiger partial charge in [0.05, 0.1) is 0 Å². The molecule has 3 aliphatic heterocycles. The molecule has 15 nitrogen and oxygen atoms in total. The van der Waals surface area contributed by atoms with Gasteiger partial charge >= 0.3 is 17.9 Å². The summed E-state index contributed by atoms with van der Waals surface area (Å²) in [5.74, 6) is -4.11. The maximum absolute atomic E-state index is 12.3. The third-order valence-corrected chi connectivity index (χ3v) is 8.28. The van der Waals surface area contributed by atoms with E-state index in [1.807, 2.05) is 14.7 Å². The van der Waals surface area contributed by atoms with Gasteiger partial charge < -0.3 is 30.0 Å². The number of carbonyl (C=O) groups excluding carboxylic acids is 3. The highest BCUT2D eigenvalue weighted by Crippen LogP contribution is 2.29. The van der Waals surface area contributed by atoms with Crippen molar-refractivity contribution in [3.8, 4) is 0 Å². The topological polar surface area (TPSA) is 212 Å². The number of carbonyl (C=O) groups is 6. The lowest BCUT2D eigenvalue weighted by atomic mass is 9.91. The van der Waals surface area contributed by atoms with Gasteiger partial charge in [0.2, 0.25) is 17.8 Å². The molecule has 0 aromatic carbocycles. The molecule has 4 rings (SSSR count). The van der Waals surface area contributed by atoms with Crippen molar-refractivity contribution in [3.63, 3.8) is 0 Å². The van der Waals surface area contributed by atoms with E-state index in [4.69, 9.17) is 30.3 Å². The monoisotopic (exact) mass is 588 g/mol. The maximum atomic E-state index is 12.3. The van der Waals surface area contributed by atoms with Crippen LogP contribution in [0.4, 0.5) is 17.8 Å². The fourth-order valence-corrected chi connectivity index (χ4v) is 5.85. The van der Waals surface area contributed by atoms with Crippen molar-refractivity contribution in [2.75, 3.05) is 54.0 Å². The molecule has 15 heteroatoms. The van der Waals surface area contributed by atoms with E-state index in [2.05, 4.69) is 0 Å². The Bertz CT molecular complexity index is 1060. The number of aliphatic carboxylic acids is 3. The number of ketones is 3. The van der Waals surface area contributed by atoms with Gasteiger partial charge in [-0.25, -0.2) is 0 Å². The molecule has 0 aliphatic carbocycles. The number of aromatic nitrogens is 3. The minimum atomic E-state index is -1.14. The van der Waals surface area contributed by atoms with E-state index >= 15 is 0 Å². The van der Waals surface area contributed by atoms with Crippen molar-refractivity contribution in [1.29, 1.82) is 0 Å². The van der Waals surface area contributed by atoms with Crippen LogP contribution >= 0.6 is 0 Å². The van der Waals surface area contributed by atoms with Crippen LogP contribution in [-0.4, -0.2) is 105 Å². The average Bonchev–Trinajstić information content (AvgIpc) is 2.96. The van der Waals surface area contributed by atoms with Crippen LogP contribution in [0, 0.1) is 17.8 Å². The van der Waals surface area contributed by atoms with Gasteiger partial charge in [0.1, 0.15) is 36.6 Å². The lowest BCUT2D eigenvalue weighted by Crippen LogP contribution is -2.41. The summed E-state index contributed by atoms with van der Waals surface area (Å²) in [6.45, 7) is 2.73. The van der Waals surface area contributed by atoms with Crippen molar-refractivity contribution in [2.45, 2.75) is 57.8 Å². The molecule has 4 heterocycles. The maximum Gasteiger partial charge on any atom is 0.310 e. The number of piperidine rings is 3. The van der Waals surface area contributed by atoms with Crippen LogP contribution in [-0.2, 0) is 28.8 Å². The molecule has 0 unspecified atom stereocenters. The van der Waals surface area contributed by atoms with Crippen LogP contribution in [0.2, 0.25) is 0 Å². The molecular weight excluding hydrogens is 552 g/mol. The number of Topliss-reactive ketones (excluding diaryl/α,β-unsaturated/α-hetero) is 3. The molecule has 42 heavy (non-hydrogen) atoms. The Morgan fingerprint density at radius 3 is 0.881 bits per heavy atom. The lowest BCUT2D eigenvalue weighted by Gasteiger charge is -2.35. The Morgan fingerprint density at radius 1 is 0.476 bits per heavy atom.